The van der Waals surface area contributed by atoms with Crippen LogP contribution in [0.5, 0.6) is 0 Å². The van der Waals surface area contributed by atoms with Gasteiger partial charge in [-0.2, -0.15) is 0 Å². The van der Waals surface area contributed by atoms with Crippen LogP contribution in [0.2, 0.25) is 0 Å². The Morgan fingerprint density at radius 1 is 1.35 bits per heavy atom. The van der Waals surface area contributed by atoms with E-state index in [2.05, 4.69) is 31.0 Å². The summed E-state index contributed by atoms with van der Waals surface area (Å²) >= 11 is 0. The zero-order valence-corrected chi connectivity index (χ0v) is 13.0. The van der Waals surface area contributed by atoms with Gasteiger partial charge < -0.3 is 10.2 Å². The average Bonchev–Trinajstić information content (AvgIpc) is 2.84. The van der Waals surface area contributed by atoms with Crippen LogP contribution in [0, 0.1) is 11.7 Å². The minimum Gasteiger partial charge on any atom is -0.369 e. The third kappa shape index (κ3) is 3.51. The lowest BCUT2D eigenvalue weighted by atomic mass is 9.98. The fourth-order valence-corrected chi connectivity index (χ4v) is 2.91. The smallest absolute Gasteiger partial charge is 0.125 e. The van der Waals surface area contributed by atoms with Crippen LogP contribution in [-0.2, 0) is 6.42 Å². The van der Waals surface area contributed by atoms with Gasteiger partial charge >= 0.3 is 0 Å². The van der Waals surface area contributed by atoms with E-state index in [4.69, 9.17) is 0 Å². The standard InChI is InChI=1S/C17H27FN2/c1-4-9-19-16(13(3)5-2)12-20-10-8-14-6-7-15(18)11-17(14)20/h6-7,11,13,16,19H,4-5,8-10,12H2,1-3H3. The van der Waals surface area contributed by atoms with Gasteiger partial charge in [-0.25, -0.2) is 4.39 Å². The molecule has 0 saturated carbocycles. The van der Waals surface area contributed by atoms with E-state index in [0.29, 0.717) is 12.0 Å². The lowest BCUT2D eigenvalue weighted by Gasteiger charge is -2.30. The number of nitrogens with one attached hydrogen (secondary N) is 1. The van der Waals surface area contributed by atoms with Gasteiger partial charge in [-0.1, -0.05) is 33.3 Å². The lowest BCUT2D eigenvalue weighted by molar-refractivity contribution is 0.367. The summed E-state index contributed by atoms with van der Waals surface area (Å²) in [6, 6.07) is 5.68. The van der Waals surface area contributed by atoms with Crippen LogP contribution in [0.1, 0.15) is 39.2 Å². The largest absolute Gasteiger partial charge is 0.369 e. The summed E-state index contributed by atoms with van der Waals surface area (Å²) in [7, 11) is 0. The number of hydrogen-bond donors (Lipinski definition) is 1. The van der Waals surface area contributed by atoms with Crippen molar-refractivity contribution in [3.05, 3.63) is 29.6 Å². The van der Waals surface area contributed by atoms with E-state index in [1.54, 1.807) is 12.1 Å². The Morgan fingerprint density at radius 2 is 2.15 bits per heavy atom. The Bertz CT molecular complexity index is 433. The molecule has 1 N–H and O–H groups in total. The Morgan fingerprint density at radius 3 is 2.85 bits per heavy atom. The van der Waals surface area contributed by atoms with E-state index >= 15 is 0 Å². The molecule has 0 bridgehead atoms. The van der Waals surface area contributed by atoms with Crippen LogP contribution in [-0.4, -0.2) is 25.7 Å². The Balaban J connectivity index is 2.07. The number of fused-ring (bicyclic) bond motifs is 1. The van der Waals surface area contributed by atoms with Crippen LogP contribution in [0.4, 0.5) is 10.1 Å². The summed E-state index contributed by atoms with van der Waals surface area (Å²) in [4.78, 5) is 2.35. The minimum atomic E-state index is -0.128. The highest BCUT2D eigenvalue weighted by molar-refractivity contribution is 5.58. The molecule has 2 unspecified atom stereocenters. The Labute approximate surface area is 122 Å². The van der Waals surface area contributed by atoms with Crippen LogP contribution >= 0.6 is 0 Å². The van der Waals surface area contributed by atoms with Crippen LogP contribution in [0.15, 0.2) is 18.2 Å². The maximum atomic E-state index is 13.5. The Kier molecular flexibility index (Phi) is 5.41. The van der Waals surface area contributed by atoms with E-state index in [1.807, 2.05) is 6.07 Å². The lowest BCUT2D eigenvalue weighted by Crippen LogP contribution is -2.44. The molecule has 2 atom stereocenters. The first-order valence-corrected chi connectivity index (χ1v) is 7.92. The first-order chi connectivity index (χ1) is 9.65. The van der Waals surface area contributed by atoms with Crippen molar-refractivity contribution in [1.29, 1.82) is 0 Å². The van der Waals surface area contributed by atoms with Crippen molar-refractivity contribution in [3.8, 4) is 0 Å². The second-order valence-corrected chi connectivity index (χ2v) is 5.92. The predicted octanol–water partition coefficient (Wildman–Crippen LogP) is 3.60. The van der Waals surface area contributed by atoms with Crippen molar-refractivity contribution < 1.29 is 4.39 Å². The molecule has 0 aromatic heterocycles. The molecule has 112 valence electrons. The third-order valence-corrected chi connectivity index (χ3v) is 4.44. The van der Waals surface area contributed by atoms with Crippen molar-refractivity contribution in [2.24, 2.45) is 5.92 Å². The molecule has 2 nitrogen and oxygen atoms in total. The fraction of sp³-hybridized carbons (Fsp3) is 0.647. The highest BCUT2D eigenvalue weighted by Gasteiger charge is 2.24. The second-order valence-electron chi connectivity index (χ2n) is 5.92. The normalized spacial score (nSPS) is 17.1. The summed E-state index contributed by atoms with van der Waals surface area (Å²) in [6.07, 6.45) is 3.36. The minimum absolute atomic E-state index is 0.128. The van der Waals surface area contributed by atoms with Gasteiger partial charge in [0.25, 0.3) is 0 Å². The first kappa shape index (κ1) is 15.3. The van der Waals surface area contributed by atoms with Crippen LogP contribution in [0.3, 0.4) is 0 Å². The van der Waals surface area contributed by atoms with Gasteiger partial charge in [0.15, 0.2) is 0 Å². The molecule has 20 heavy (non-hydrogen) atoms. The van der Waals surface area contributed by atoms with Gasteiger partial charge in [0, 0.05) is 24.8 Å². The van der Waals surface area contributed by atoms with E-state index in [1.165, 1.54) is 12.0 Å². The van der Waals surface area contributed by atoms with Gasteiger partial charge in [-0.15, -0.1) is 0 Å². The summed E-state index contributed by atoms with van der Waals surface area (Å²) in [5.74, 6) is 0.511. The maximum absolute atomic E-state index is 13.5. The molecule has 1 aromatic carbocycles. The van der Waals surface area contributed by atoms with Gasteiger partial charge in [0.05, 0.1) is 0 Å². The summed E-state index contributed by atoms with van der Waals surface area (Å²) in [5, 5.41) is 3.66. The number of rotatable bonds is 7. The summed E-state index contributed by atoms with van der Waals surface area (Å²) < 4.78 is 13.5. The summed E-state index contributed by atoms with van der Waals surface area (Å²) in [6.45, 7) is 9.78. The first-order valence-electron chi connectivity index (χ1n) is 7.92. The molecule has 0 aliphatic carbocycles. The molecule has 0 saturated heterocycles. The number of hydrogen-bond acceptors (Lipinski definition) is 2. The third-order valence-electron chi connectivity index (χ3n) is 4.44. The fourth-order valence-electron chi connectivity index (χ4n) is 2.91. The van der Waals surface area contributed by atoms with Crippen LogP contribution in [0.25, 0.3) is 0 Å². The molecular weight excluding hydrogens is 251 g/mol. The molecule has 0 spiro atoms. The molecule has 0 amide bonds. The molecule has 1 aromatic rings. The molecule has 3 heteroatoms. The molecule has 1 aliphatic heterocycles. The average molecular weight is 278 g/mol. The van der Waals surface area contributed by atoms with Crippen LogP contribution < -0.4 is 10.2 Å². The van der Waals surface area contributed by atoms with Gasteiger partial charge in [0.2, 0.25) is 0 Å². The van der Waals surface area contributed by atoms with Crippen molar-refractivity contribution in [3.63, 3.8) is 0 Å². The van der Waals surface area contributed by atoms with E-state index in [0.717, 1.165) is 38.2 Å². The highest BCUT2D eigenvalue weighted by atomic mass is 19.1. The number of halogens is 1. The topological polar surface area (TPSA) is 15.3 Å². The number of anilines is 1. The quantitative estimate of drug-likeness (QED) is 0.820. The number of benzene rings is 1. The van der Waals surface area contributed by atoms with Crippen molar-refractivity contribution in [2.75, 3.05) is 24.5 Å². The van der Waals surface area contributed by atoms with E-state index in [-0.39, 0.29) is 5.82 Å². The maximum Gasteiger partial charge on any atom is 0.125 e. The number of nitrogens with zero attached hydrogens (tertiary/aromatic N) is 1. The highest BCUT2D eigenvalue weighted by Crippen LogP contribution is 2.29. The SMILES string of the molecule is CCCNC(CN1CCc2ccc(F)cc21)C(C)CC. The van der Waals surface area contributed by atoms with Crippen molar-refractivity contribution in [1.82, 2.24) is 5.32 Å². The molecule has 1 heterocycles. The molecule has 2 rings (SSSR count). The van der Waals surface area contributed by atoms with Crippen molar-refractivity contribution in [2.45, 2.75) is 46.1 Å². The summed E-state index contributed by atoms with van der Waals surface area (Å²) in [5.41, 5.74) is 2.38. The Hall–Kier alpha value is -1.09. The molecule has 0 fully saturated rings. The van der Waals surface area contributed by atoms with Gasteiger partial charge in [-0.05, 0) is 43.0 Å². The van der Waals surface area contributed by atoms with Crippen molar-refractivity contribution >= 4 is 5.69 Å². The predicted molar refractivity (Wildman–Crippen MR) is 83.9 cm³/mol. The van der Waals surface area contributed by atoms with Gasteiger partial charge in [0.1, 0.15) is 5.82 Å². The molecule has 0 radical (unpaired) electrons. The van der Waals surface area contributed by atoms with Gasteiger partial charge in [-0.3, -0.25) is 0 Å². The van der Waals surface area contributed by atoms with E-state index in [9.17, 15) is 4.39 Å². The zero-order valence-electron chi connectivity index (χ0n) is 13.0. The molecular formula is C17H27FN2. The van der Waals surface area contributed by atoms with E-state index < -0.39 is 0 Å². The second kappa shape index (κ2) is 7.07. The molecule has 1 aliphatic rings. The monoisotopic (exact) mass is 278 g/mol. The zero-order chi connectivity index (χ0) is 14.5.